The van der Waals surface area contributed by atoms with Gasteiger partial charge in [0.25, 0.3) is 5.91 Å². The fourth-order valence-corrected chi connectivity index (χ4v) is 1.97. The molecule has 2 aromatic carbocycles. The van der Waals surface area contributed by atoms with E-state index < -0.39 is 0 Å². The molecule has 0 aliphatic rings. The SMILES string of the molecule is C#Cc1ccc(NC(=O)COSNc2ccccc2)cc1. The van der Waals surface area contributed by atoms with Gasteiger partial charge in [-0.1, -0.05) is 24.1 Å². The normalized spacial score (nSPS) is 9.67. The summed E-state index contributed by atoms with van der Waals surface area (Å²) in [6.07, 6.45) is 5.26. The molecule has 0 heterocycles. The summed E-state index contributed by atoms with van der Waals surface area (Å²) >= 11 is 1.01. The Bertz CT molecular complexity index is 621. The number of benzene rings is 2. The van der Waals surface area contributed by atoms with Crippen LogP contribution >= 0.6 is 12.2 Å². The second-order valence-electron chi connectivity index (χ2n) is 4.08. The van der Waals surface area contributed by atoms with Gasteiger partial charge in [-0.15, -0.1) is 6.42 Å². The Morgan fingerprint density at radius 3 is 2.48 bits per heavy atom. The number of carbonyl (C=O) groups excluding carboxylic acids is 1. The number of para-hydroxylation sites is 1. The molecule has 106 valence electrons. The zero-order chi connectivity index (χ0) is 14.9. The van der Waals surface area contributed by atoms with Crippen molar-refractivity contribution in [3.63, 3.8) is 0 Å². The van der Waals surface area contributed by atoms with Gasteiger partial charge in [0.1, 0.15) is 18.8 Å². The predicted octanol–water partition coefficient (Wildman–Crippen LogP) is 3.30. The van der Waals surface area contributed by atoms with Gasteiger partial charge < -0.3 is 10.0 Å². The zero-order valence-electron chi connectivity index (χ0n) is 11.2. The van der Waals surface area contributed by atoms with Gasteiger partial charge in [0, 0.05) is 16.9 Å². The lowest BCUT2D eigenvalue weighted by molar-refractivity contribution is -0.117. The molecular formula is C16H14N2O2S. The summed E-state index contributed by atoms with van der Waals surface area (Å²) in [6.45, 7) is -0.0542. The first-order valence-corrected chi connectivity index (χ1v) is 6.98. The third-order valence-corrected chi connectivity index (χ3v) is 3.07. The van der Waals surface area contributed by atoms with Gasteiger partial charge in [0.15, 0.2) is 0 Å². The van der Waals surface area contributed by atoms with Crippen LogP contribution in [-0.4, -0.2) is 12.5 Å². The first kappa shape index (κ1) is 15.0. The van der Waals surface area contributed by atoms with Crippen LogP contribution in [0.1, 0.15) is 5.56 Å². The first-order valence-electron chi connectivity index (χ1n) is 6.24. The Hall–Kier alpha value is -2.42. The molecule has 0 radical (unpaired) electrons. The monoisotopic (exact) mass is 298 g/mol. The average molecular weight is 298 g/mol. The Kier molecular flexibility index (Phi) is 5.71. The number of nitrogens with one attached hydrogen (secondary N) is 2. The van der Waals surface area contributed by atoms with Gasteiger partial charge in [0.2, 0.25) is 0 Å². The molecule has 2 rings (SSSR count). The second kappa shape index (κ2) is 8.00. The van der Waals surface area contributed by atoms with Crippen molar-refractivity contribution < 1.29 is 8.98 Å². The molecule has 0 aromatic heterocycles. The summed E-state index contributed by atoms with van der Waals surface area (Å²) in [5.74, 6) is 2.29. The number of hydrogen-bond acceptors (Lipinski definition) is 4. The minimum Gasteiger partial charge on any atom is -0.324 e. The molecule has 5 heteroatoms. The summed E-state index contributed by atoms with van der Waals surface area (Å²) in [4.78, 5) is 11.7. The van der Waals surface area contributed by atoms with E-state index in [-0.39, 0.29) is 12.5 Å². The number of hydrogen-bond donors (Lipinski definition) is 2. The standard InChI is InChI=1S/C16H14N2O2S/c1-2-13-8-10-14(11-9-13)17-16(19)12-20-21-18-15-6-4-3-5-7-15/h1,3-11,18H,12H2,(H,17,19). The summed E-state index contributed by atoms with van der Waals surface area (Å²) in [5, 5.41) is 2.72. The molecule has 2 aromatic rings. The molecule has 0 fully saturated rings. The number of anilines is 2. The number of terminal acetylenes is 1. The fraction of sp³-hybridized carbons (Fsp3) is 0.0625. The molecule has 1 amide bonds. The number of amides is 1. The maximum atomic E-state index is 11.7. The average Bonchev–Trinajstić information content (AvgIpc) is 2.53. The molecule has 0 aliphatic carbocycles. The minimum absolute atomic E-state index is 0.0542. The van der Waals surface area contributed by atoms with Gasteiger partial charge in [0.05, 0.1) is 0 Å². The highest BCUT2D eigenvalue weighted by molar-refractivity contribution is 7.96. The van der Waals surface area contributed by atoms with E-state index in [0.29, 0.717) is 5.69 Å². The number of carbonyl (C=O) groups is 1. The van der Waals surface area contributed by atoms with Crippen molar-refractivity contribution in [3.05, 3.63) is 60.2 Å². The maximum Gasteiger partial charge on any atom is 0.251 e. The maximum absolute atomic E-state index is 11.7. The lowest BCUT2D eigenvalue weighted by Gasteiger charge is -2.06. The van der Waals surface area contributed by atoms with Crippen molar-refractivity contribution in [1.29, 1.82) is 0 Å². The Morgan fingerprint density at radius 1 is 1.10 bits per heavy atom. The molecular weight excluding hydrogens is 284 g/mol. The highest BCUT2D eigenvalue weighted by Gasteiger charge is 2.03. The van der Waals surface area contributed by atoms with E-state index in [4.69, 9.17) is 10.6 Å². The van der Waals surface area contributed by atoms with Crippen LogP contribution < -0.4 is 10.0 Å². The van der Waals surface area contributed by atoms with Crippen molar-refractivity contribution in [2.24, 2.45) is 0 Å². The van der Waals surface area contributed by atoms with Gasteiger partial charge in [-0.25, -0.2) is 0 Å². The summed E-state index contributed by atoms with van der Waals surface area (Å²) in [7, 11) is 0. The first-order chi connectivity index (χ1) is 10.3. The van der Waals surface area contributed by atoms with Crippen LogP contribution in [-0.2, 0) is 8.98 Å². The van der Waals surface area contributed by atoms with E-state index in [9.17, 15) is 4.79 Å². The minimum atomic E-state index is -0.231. The van der Waals surface area contributed by atoms with E-state index >= 15 is 0 Å². The fourth-order valence-electron chi connectivity index (χ4n) is 1.51. The molecule has 0 aliphatic heterocycles. The molecule has 4 nitrogen and oxygen atoms in total. The van der Waals surface area contributed by atoms with Gasteiger partial charge >= 0.3 is 0 Å². The topological polar surface area (TPSA) is 50.4 Å². The van der Waals surface area contributed by atoms with Crippen LogP contribution in [0.25, 0.3) is 0 Å². The zero-order valence-corrected chi connectivity index (χ0v) is 12.0. The van der Waals surface area contributed by atoms with Crippen LogP contribution in [0.3, 0.4) is 0 Å². The van der Waals surface area contributed by atoms with Crippen LogP contribution in [0.4, 0.5) is 11.4 Å². The quantitative estimate of drug-likeness (QED) is 0.372. The van der Waals surface area contributed by atoms with Gasteiger partial charge in [-0.2, -0.15) is 0 Å². The van der Waals surface area contributed by atoms with Crippen molar-refractivity contribution >= 4 is 29.5 Å². The van der Waals surface area contributed by atoms with Gasteiger partial charge in [-0.3, -0.25) is 8.98 Å². The molecule has 0 spiro atoms. The van der Waals surface area contributed by atoms with Crippen LogP contribution in [0.2, 0.25) is 0 Å². The lowest BCUT2D eigenvalue weighted by Crippen LogP contribution is -2.16. The van der Waals surface area contributed by atoms with Crippen LogP contribution in [0, 0.1) is 12.3 Å². The lowest BCUT2D eigenvalue weighted by atomic mass is 10.2. The molecule has 2 N–H and O–H groups in total. The largest absolute Gasteiger partial charge is 0.324 e. The van der Waals surface area contributed by atoms with Crippen LogP contribution in [0.15, 0.2) is 54.6 Å². The van der Waals surface area contributed by atoms with Crippen molar-refractivity contribution in [1.82, 2.24) is 0 Å². The smallest absolute Gasteiger partial charge is 0.251 e. The Morgan fingerprint density at radius 2 is 1.81 bits per heavy atom. The highest BCUT2D eigenvalue weighted by Crippen LogP contribution is 2.13. The van der Waals surface area contributed by atoms with E-state index in [1.165, 1.54) is 0 Å². The second-order valence-corrected chi connectivity index (χ2v) is 4.69. The summed E-state index contributed by atoms with van der Waals surface area (Å²) < 4.78 is 8.15. The highest BCUT2D eigenvalue weighted by atomic mass is 32.2. The van der Waals surface area contributed by atoms with E-state index in [0.717, 1.165) is 23.5 Å². The molecule has 21 heavy (non-hydrogen) atoms. The molecule has 0 atom stereocenters. The molecule has 0 saturated heterocycles. The molecule has 0 bridgehead atoms. The molecule has 0 unspecified atom stereocenters. The number of rotatable bonds is 6. The Labute approximate surface area is 128 Å². The Balaban J connectivity index is 1.69. The van der Waals surface area contributed by atoms with Crippen molar-refractivity contribution in [3.8, 4) is 12.3 Å². The summed E-state index contributed by atoms with van der Waals surface area (Å²) in [5.41, 5.74) is 2.36. The van der Waals surface area contributed by atoms with Gasteiger partial charge in [-0.05, 0) is 36.4 Å². The van der Waals surface area contributed by atoms with E-state index in [1.807, 2.05) is 30.3 Å². The predicted molar refractivity (Wildman–Crippen MR) is 86.6 cm³/mol. The third kappa shape index (κ3) is 5.22. The van der Waals surface area contributed by atoms with Crippen LogP contribution in [0.5, 0.6) is 0 Å². The van der Waals surface area contributed by atoms with Crippen molar-refractivity contribution in [2.75, 3.05) is 16.6 Å². The van der Waals surface area contributed by atoms with E-state index in [2.05, 4.69) is 16.0 Å². The third-order valence-electron chi connectivity index (χ3n) is 2.52. The van der Waals surface area contributed by atoms with E-state index in [1.54, 1.807) is 24.3 Å². The summed E-state index contributed by atoms with van der Waals surface area (Å²) in [6, 6.07) is 16.6. The van der Waals surface area contributed by atoms with Crippen molar-refractivity contribution in [2.45, 2.75) is 0 Å². The molecule has 0 saturated carbocycles.